The van der Waals surface area contributed by atoms with Gasteiger partial charge >= 0.3 is 12.1 Å². The molecule has 1 saturated heterocycles. The van der Waals surface area contributed by atoms with E-state index in [1.807, 2.05) is 26.0 Å². The Balaban J connectivity index is 2.29. The third-order valence-electron chi connectivity index (χ3n) is 4.72. The fraction of sp³-hybridized carbons (Fsp3) is 0.647. The van der Waals surface area contributed by atoms with Crippen molar-refractivity contribution < 1.29 is 19.1 Å². The summed E-state index contributed by atoms with van der Waals surface area (Å²) < 4.78 is 10.1. The van der Waals surface area contributed by atoms with Gasteiger partial charge in [0.05, 0.1) is 25.2 Å². The highest BCUT2D eigenvalue weighted by molar-refractivity contribution is 5.82. The van der Waals surface area contributed by atoms with Crippen LogP contribution in [0.4, 0.5) is 4.79 Å². The summed E-state index contributed by atoms with van der Waals surface area (Å²) in [6.07, 6.45) is 6.56. The molecule has 1 fully saturated rings. The average molecular weight is 322 g/mol. The largest absolute Gasteiger partial charge is 0.465 e. The van der Waals surface area contributed by atoms with E-state index < -0.39 is 11.5 Å². The van der Waals surface area contributed by atoms with Crippen LogP contribution in [0.5, 0.6) is 0 Å². The minimum absolute atomic E-state index is 0.159. The van der Waals surface area contributed by atoms with Crippen LogP contribution >= 0.6 is 0 Å². The Labute approximate surface area is 137 Å². The maximum atomic E-state index is 12.7. The van der Waals surface area contributed by atoms with Crippen LogP contribution in [0.1, 0.15) is 26.7 Å². The molecule has 0 aliphatic carbocycles. The molecule has 0 saturated carbocycles. The summed E-state index contributed by atoms with van der Waals surface area (Å²) in [7, 11) is 3.42. The number of amides is 1. The zero-order valence-corrected chi connectivity index (χ0v) is 14.4. The third-order valence-corrected chi connectivity index (χ3v) is 4.72. The molecule has 0 bridgehead atoms. The van der Waals surface area contributed by atoms with E-state index in [2.05, 4.69) is 11.9 Å². The Morgan fingerprint density at radius 2 is 2.00 bits per heavy atom. The molecule has 128 valence electrons. The first-order valence-electron chi connectivity index (χ1n) is 8.07. The molecule has 6 heteroatoms. The average Bonchev–Trinajstić information content (AvgIpc) is 2.55. The summed E-state index contributed by atoms with van der Waals surface area (Å²) in [5.74, 6) is -0.164. The SMILES string of the molecule is CCOC(=O)C1(C2=CC(C)N(C(=O)OC)C=C2)CCN(C)CC1. The number of carbonyl (C=O) groups excluding carboxylic acids is 2. The number of rotatable bonds is 3. The Morgan fingerprint density at radius 3 is 2.52 bits per heavy atom. The van der Waals surface area contributed by atoms with Gasteiger partial charge in [-0.15, -0.1) is 0 Å². The molecule has 2 aliphatic heterocycles. The van der Waals surface area contributed by atoms with E-state index >= 15 is 0 Å². The van der Waals surface area contributed by atoms with Crippen LogP contribution < -0.4 is 0 Å². The predicted molar refractivity (Wildman–Crippen MR) is 86.7 cm³/mol. The van der Waals surface area contributed by atoms with Crippen molar-refractivity contribution in [2.75, 3.05) is 33.9 Å². The first-order chi connectivity index (χ1) is 10.9. The van der Waals surface area contributed by atoms with Gasteiger partial charge < -0.3 is 14.4 Å². The van der Waals surface area contributed by atoms with Crippen LogP contribution in [0.2, 0.25) is 0 Å². The van der Waals surface area contributed by atoms with Gasteiger partial charge in [0.15, 0.2) is 0 Å². The topological polar surface area (TPSA) is 59.1 Å². The van der Waals surface area contributed by atoms with Crippen LogP contribution in [0, 0.1) is 5.41 Å². The number of likely N-dealkylation sites (tertiary alicyclic amines) is 1. The zero-order valence-electron chi connectivity index (χ0n) is 14.4. The monoisotopic (exact) mass is 322 g/mol. The number of hydrogen-bond acceptors (Lipinski definition) is 5. The summed E-state index contributed by atoms with van der Waals surface area (Å²) in [6, 6.07) is -0.159. The molecule has 6 nitrogen and oxygen atoms in total. The summed E-state index contributed by atoms with van der Waals surface area (Å²) in [6.45, 7) is 5.80. The lowest BCUT2D eigenvalue weighted by Crippen LogP contribution is -2.46. The molecule has 2 rings (SSSR count). The van der Waals surface area contributed by atoms with Gasteiger partial charge in [-0.1, -0.05) is 6.08 Å². The van der Waals surface area contributed by atoms with Crippen molar-refractivity contribution in [2.24, 2.45) is 5.41 Å². The lowest BCUT2D eigenvalue weighted by molar-refractivity contribution is -0.155. The van der Waals surface area contributed by atoms with Crippen molar-refractivity contribution in [1.29, 1.82) is 0 Å². The van der Waals surface area contributed by atoms with E-state index in [1.165, 1.54) is 12.0 Å². The number of allylic oxidation sites excluding steroid dienone is 1. The summed E-state index contributed by atoms with van der Waals surface area (Å²) in [5.41, 5.74) is 0.326. The number of carbonyl (C=O) groups is 2. The molecule has 0 radical (unpaired) electrons. The number of hydrogen-bond donors (Lipinski definition) is 0. The van der Waals surface area contributed by atoms with Crippen LogP contribution in [-0.2, 0) is 14.3 Å². The first kappa shape index (κ1) is 17.5. The van der Waals surface area contributed by atoms with Gasteiger partial charge in [0.1, 0.15) is 0 Å². The number of esters is 1. The van der Waals surface area contributed by atoms with E-state index in [4.69, 9.17) is 9.47 Å². The van der Waals surface area contributed by atoms with E-state index in [0.29, 0.717) is 6.61 Å². The maximum Gasteiger partial charge on any atom is 0.414 e. The van der Waals surface area contributed by atoms with Gasteiger partial charge in [-0.25, -0.2) is 4.79 Å². The lowest BCUT2D eigenvalue weighted by Gasteiger charge is -2.41. The molecule has 1 atom stereocenters. The summed E-state index contributed by atoms with van der Waals surface area (Å²) in [5, 5.41) is 0. The maximum absolute atomic E-state index is 12.7. The Bertz CT molecular complexity index is 519. The van der Waals surface area contributed by atoms with Crippen molar-refractivity contribution in [2.45, 2.75) is 32.7 Å². The van der Waals surface area contributed by atoms with Gasteiger partial charge in [-0.05, 0) is 58.5 Å². The van der Waals surface area contributed by atoms with Gasteiger partial charge in [-0.3, -0.25) is 9.69 Å². The summed E-state index contributed by atoms with van der Waals surface area (Å²) in [4.78, 5) is 28.2. The number of ether oxygens (including phenoxy) is 2. The van der Waals surface area contributed by atoms with Crippen molar-refractivity contribution in [3.63, 3.8) is 0 Å². The van der Waals surface area contributed by atoms with E-state index in [-0.39, 0.29) is 12.0 Å². The molecule has 0 N–H and O–H groups in total. The molecule has 1 amide bonds. The van der Waals surface area contributed by atoms with Gasteiger partial charge in [0, 0.05) is 6.20 Å². The predicted octanol–water partition coefficient (Wildman–Crippen LogP) is 2.17. The van der Waals surface area contributed by atoms with Gasteiger partial charge in [0.2, 0.25) is 0 Å². The third kappa shape index (κ3) is 3.42. The fourth-order valence-electron chi connectivity index (χ4n) is 3.22. The second-order valence-corrected chi connectivity index (χ2v) is 6.16. The molecule has 0 aromatic rings. The number of methoxy groups -OCH3 is 1. The minimum Gasteiger partial charge on any atom is -0.465 e. The zero-order chi connectivity index (χ0) is 17.0. The van der Waals surface area contributed by atoms with E-state index in [0.717, 1.165) is 31.5 Å². The molecule has 0 aromatic heterocycles. The Hall–Kier alpha value is -1.82. The standard InChI is InChI=1S/C17H26N2O4/c1-5-23-15(20)17(7-10-18(3)11-8-17)14-6-9-19(13(2)12-14)16(21)22-4/h6,9,12-13H,5,7-8,10-11H2,1-4H3. The molecular formula is C17H26N2O4. The first-order valence-corrected chi connectivity index (χ1v) is 8.07. The Morgan fingerprint density at radius 1 is 1.35 bits per heavy atom. The molecule has 1 unspecified atom stereocenters. The van der Waals surface area contributed by atoms with Crippen LogP contribution in [0.15, 0.2) is 23.9 Å². The van der Waals surface area contributed by atoms with Crippen molar-refractivity contribution in [3.8, 4) is 0 Å². The second kappa shape index (κ2) is 7.17. The molecule has 2 aliphatic rings. The lowest BCUT2D eigenvalue weighted by atomic mass is 9.71. The highest BCUT2D eigenvalue weighted by atomic mass is 16.5. The number of piperidine rings is 1. The van der Waals surface area contributed by atoms with Crippen molar-refractivity contribution in [3.05, 3.63) is 23.9 Å². The minimum atomic E-state index is -0.616. The molecule has 0 spiro atoms. The highest BCUT2D eigenvalue weighted by Crippen LogP contribution is 2.42. The van der Waals surface area contributed by atoms with Gasteiger partial charge in [0.25, 0.3) is 0 Å². The smallest absolute Gasteiger partial charge is 0.414 e. The van der Waals surface area contributed by atoms with Crippen LogP contribution in [0.3, 0.4) is 0 Å². The van der Waals surface area contributed by atoms with Crippen LogP contribution in [0.25, 0.3) is 0 Å². The highest BCUT2D eigenvalue weighted by Gasteiger charge is 2.45. The molecule has 0 aromatic carbocycles. The molecule has 23 heavy (non-hydrogen) atoms. The van der Waals surface area contributed by atoms with Crippen molar-refractivity contribution >= 4 is 12.1 Å². The normalized spacial score (nSPS) is 24.1. The molecule has 2 heterocycles. The molecular weight excluding hydrogens is 296 g/mol. The summed E-state index contributed by atoms with van der Waals surface area (Å²) >= 11 is 0. The quantitative estimate of drug-likeness (QED) is 0.745. The van der Waals surface area contributed by atoms with E-state index in [1.54, 1.807) is 6.20 Å². The number of nitrogens with zero attached hydrogens (tertiary/aromatic N) is 2. The van der Waals surface area contributed by atoms with Gasteiger partial charge in [-0.2, -0.15) is 0 Å². The second-order valence-electron chi connectivity index (χ2n) is 6.16. The Kier molecular flexibility index (Phi) is 5.46. The van der Waals surface area contributed by atoms with Crippen molar-refractivity contribution in [1.82, 2.24) is 9.80 Å². The van der Waals surface area contributed by atoms with E-state index in [9.17, 15) is 9.59 Å². The van der Waals surface area contributed by atoms with Crippen LogP contribution in [-0.4, -0.2) is 61.8 Å². The fourth-order valence-corrected chi connectivity index (χ4v) is 3.22.